The molecule has 174 valence electrons. The highest BCUT2D eigenvalue weighted by molar-refractivity contribution is 5.60. The van der Waals surface area contributed by atoms with Crippen LogP contribution < -0.4 is 5.56 Å². The average Bonchev–Trinajstić information content (AvgIpc) is 2.80. The predicted molar refractivity (Wildman–Crippen MR) is 130 cm³/mol. The molecule has 6 heteroatoms. The monoisotopic (exact) mass is 448 g/mol. The Bertz CT molecular complexity index is 1130. The minimum absolute atomic E-state index is 0.0296. The molecule has 0 saturated carbocycles. The van der Waals surface area contributed by atoms with Gasteiger partial charge in [-0.1, -0.05) is 44.2 Å². The second-order valence-electron chi connectivity index (χ2n) is 9.44. The fourth-order valence-electron chi connectivity index (χ4n) is 4.31. The van der Waals surface area contributed by atoms with Gasteiger partial charge in [-0.2, -0.15) is 5.10 Å². The van der Waals surface area contributed by atoms with Crippen molar-refractivity contribution in [2.24, 2.45) is 5.92 Å². The van der Waals surface area contributed by atoms with Gasteiger partial charge in [-0.25, -0.2) is 9.07 Å². The van der Waals surface area contributed by atoms with E-state index in [9.17, 15) is 9.18 Å². The van der Waals surface area contributed by atoms with Crippen LogP contribution in [0.5, 0.6) is 0 Å². The number of halogens is 1. The lowest BCUT2D eigenvalue weighted by Gasteiger charge is -2.34. The third kappa shape index (κ3) is 5.95. The highest BCUT2D eigenvalue weighted by Crippen LogP contribution is 2.21. The molecular weight excluding hydrogens is 415 g/mol. The number of benzene rings is 2. The Hall–Kier alpha value is -2.83. The molecule has 1 saturated heterocycles. The summed E-state index contributed by atoms with van der Waals surface area (Å²) in [5, 5.41) is 4.62. The van der Waals surface area contributed by atoms with Gasteiger partial charge in [0.2, 0.25) is 0 Å². The first-order chi connectivity index (χ1) is 15.9. The Labute approximate surface area is 195 Å². The number of rotatable bonds is 7. The summed E-state index contributed by atoms with van der Waals surface area (Å²) in [4.78, 5) is 18.0. The number of hydrogen-bond donors (Lipinski definition) is 0. The summed E-state index contributed by atoms with van der Waals surface area (Å²) in [7, 11) is 0. The molecule has 0 bridgehead atoms. The van der Waals surface area contributed by atoms with Crippen molar-refractivity contribution in [3.05, 3.63) is 87.5 Å². The van der Waals surface area contributed by atoms with Gasteiger partial charge in [-0.15, -0.1) is 0 Å². The highest BCUT2D eigenvalue weighted by atomic mass is 19.1. The van der Waals surface area contributed by atoms with Crippen molar-refractivity contribution >= 4 is 0 Å². The highest BCUT2D eigenvalue weighted by Gasteiger charge is 2.20. The minimum atomic E-state index is -0.233. The molecule has 0 aliphatic carbocycles. The molecule has 5 nitrogen and oxygen atoms in total. The minimum Gasteiger partial charge on any atom is -0.297 e. The van der Waals surface area contributed by atoms with Crippen LogP contribution in [0, 0.1) is 18.7 Å². The van der Waals surface area contributed by atoms with Crippen molar-refractivity contribution in [2.45, 2.75) is 40.4 Å². The molecule has 1 aromatic heterocycles. The second-order valence-corrected chi connectivity index (χ2v) is 9.44. The van der Waals surface area contributed by atoms with Crippen LogP contribution in [0.25, 0.3) is 11.3 Å². The number of nitrogens with zero attached hydrogens (tertiary/aromatic N) is 4. The van der Waals surface area contributed by atoms with Gasteiger partial charge in [-0.3, -0.25) is 14.6 Å². The van der Waals surface area contributed by atoms with E-state index in [1.165, 1.54) is 11.6 Å². The van der Waals surface area contributed by atoms with Crippen molar-refractivity contribution < 1.29 is 4.39 Å². The summed E-state index contributed by atoms with van der Waals surface area (Å²) in [6.45, 7) is 11.8. The van der Waals surface area contributed by atoms with E-state index in [4.69, 9.17) is 0 Å². The van der Waals surface area contributed by atoms with Crippen LogP contribution in [-0.2, 0) is 19.6 Å². The summed E-state index contributed by atoms with van der Waals surface area (Å²) >= 11 is 0. The smallest absolute Gasteiger partial charge is 0.271 e. The maximum Gasteiger partial charge on any atom is 0.271 e. The van der Waals surface area contributed by atoms with Gasteiger partial charge in [-0.05, 0) is 48.2 Å². The summed E-state index contributed by atoms with van der Waals surface area (Å²) < 4.78 is 15.4. The van der Waals surface area contributed by atoms with Crippen LogP contribution >= 0.6 is 0 Å². The molecule has 2 aromatic carbocycles. The van der Waals surface area contributed by atoms with Gasteiger partial charge in [0.1, 0.15) is 5.82 Å². The first-order valence-electron chi connectivity index (χ1n) is 11.8. The summed E-state index contributed by atoms with van der Waals surface area (Å²) in [5.74, 6) is 0.0673. The van der Waals surface area contributed by atoms with Crippen molar-refractivity contribution in [3.63, 3.8) is 0 Å². The molecule has 1 aliphatic rings. The van der Waals surface area contributed by atoms with Crippen molar-refractivity contribution in [2.75, 3.05) is 26.2 Å². The number of aromatic nitrogens is 2. The Morgan fingerprint density at radius 2 is 1.61 bits per heavy atom. The van der Waals surface area contributed by atoms with Crippen molar-refractivity contribution in [1.29, 1.82) is 0 Å². The maximum atomic E-state index is 13.8. The molecule has 0 radical (unpaired) electrons. The molecule has 1 aliphatic heterocycles. The van der Waals surface area contributed by atoms with E-state index in [-0.39, 0.29) is 11.4 Å². The van der Waals surface area contributed by atoms with Gasteiger partial charge in [0.05, 0.1) is 5.69 Å². The largest absolute Gasteiger partial charge is 0.297 e. The van der Waals surface area contributed by atoms with Crippen LogP contribution in [0.3, 0.4) is 0 Å². The molecule has 0 unspecified atom stereocenters. The lowest BCUT2D eigenvalue weighted by molar-refractivity contribution is 0.121. The molecular formula is C27H33FN4O. The third-order valence-electron chi connectivity index (χ3n) is 6.15. The molecule has 3 aromatic rings. The molecule has 4 rings (SSSR count). The van der Waals surface area contributed by atoms with Crippen LogP contribution in [0.1, 0.15) is 30.5 Å². The molecule has 0 atom stereocenters. The van der Waals surface area contributed by atoms with Gasteiger partial charge in [0.25, 0.3) is 5.56 Å². The summed E-state index contributed by atoms with van der Waals surface area (Å²) in [6.07, 6.45) is 0. The molecule has 0 N–H and O–H groups in total. The first kappa shape index (κ1) is 23.3. The Kier molecular flexibility index (Phi) is 7.36. The maximum absolute atomic E-state index is 13.8. The van der Waals surface area contributed by atoms with Crippen LogP contribution in [0.15, 0.2) is 59.4 Å². The lowest BCUT2D eigenvalue weighted by Crippen LogP contribution is -2.46. The fourth-order valence-corrected chi connectivity index (χ4v) is 4.31. The first-order valence-corrected chi connectivity index (χ1v) is 11.8. The standard InChI is InChI=1S/C27H33FN4O/c1-20(2)17-32-27(33)24(16-26(29-32)23-9-10-25(28)21(3)15-23)19-31-13-11-30(12-14-31)18-22-7-5-4-6-8-22/h4-10,15-16,20H,11-14,17-19H2,1-3H3. The third-order valence-corrected chi connectivity index (χ3v) is 6.15. The van der Waals surface area contributed by atoms with E-state index in [0.29, 0.717) is 24.6 Å². The topological polar surface area (TPSA) is 41.4 Å². The zero-order valence-corrected chi connectivity index (χ0v) is 19.8. The quantitative estimate of drug-likeness (QED) is 0.540. The van der Waals surface area contributed by atoms with E-state index in [2.05, 4.69) is 53.0 Å². The molecule has 1 fully saturated rings. The SMILES string of the molecule is Cc1cc(-c2cc(CN3CCN(Cc4ccccc4)CC3)c(=O)n(CC(C)C)n2)ccc1F. The van der Waals surface area contributed by atoms with Gasteiger partial charge in [0.15, 0.2) is 0 Å². The lowest BCUT2D eigenvalue weighted by atomic mass is 10.1. The second kappa shape index (κ2) is 10.4. The van der Waals surface area contributed by atoms with E-state index in [1.807, 2.05) is 12.1 Å². The van der Waals surface area contributed by atoms with Gasteiger partial charge >= 0.3 is 0 Å². The van der Waals surface area contributed by atoms with Crippen molar-refractivity contribution in [3.8, 4) is 11.3 Å². The van der Waals surface area contributed by atoms with E-state index < -0.39 is 0 Å². The zero-order chi connectivity index (χ0) is 23.4. The zero-order valence-electron chi connectivity index (χ0n) is 19.8. The average molecular weight is 449 g/mol. The molecule has 0 amide bonds. The van der Waals surface area contributed by atoms with Gasteiger partial charge in [0, 0.05) is 56.9 Å². The molecule has 2 heterocycles. The van der Waals surface area contributed by atoms with Crippen LogP contribution in [0.2, 0.25) is 0 Å². The Balaban J connectivity index is 1.52. The van der Waals surface area contributed by atoms with E-state index in [1.54, 1.807) is 23.7 Å². The fraction of sp³-hybridized carbons (Fsp3) is 0.407. The predicted octanol–water partition coefficient (Wildman–Crippen LogP) is 4.33. The van der Waals surface area contributed by atoms with E-state index >= 15 is 0 Å². The molecule has 0 spiro atoms. The molecule has 33 heavy (non-hydrogen) atoms. The number of hydrogen-bond acceptors (Lipinski definition) is 4. The van der Waals surface area contributed by atoms with Crippen LogP contribution in [-0.4, -0.2) is 45.8 Å². The normalized spacial score (nSPS) is 15.3. The Morgan fingerprint density at radius 1 is 0.939 bits per heavy atom. The summed E-state index contributed by atoms with van der Waals surface area (Å²) in [5.41, 5.74) is 4.18. The number of piperazine rings is 1. The van der Waals surface area contributed by atoms with Crippen molar-refractivity contribution in [1.82, 2.24) is 19.6 Å². The number of aryl methyl sites for hydroxylation is 1. The van der Waals surface area contributed by atoms with Crippen LogP contribution in [0.4, 0.5) is 4.39 Å². The van der Waals surface area contributed by atoms with E-state index in [0.717, 1.165) is 49.5 Å². The van der Waals surface area contributed by atoms with Gasteiger partial charge < -0.3 is 0 Å². The Morgan fingerprint density at radius 3 is 2.24 bits per heavy atom. The summed E-state index contributed by atoms with van der Waals surface area (Å²) in [6, 6.07) is 17.4.